The fourth-order valence-corrected chi connectivity index (χ4v) is 1.86. The van der Waals surface area contributed by atoms with Gasteiger partial charge in [0.05, 0.1) is 0 Å². The number of nitrogens with zero attached hydrogens (tertiary/aromatic N) is 1. The van der Waals surface area contributed by atoms with Gasteiger partial charge in [-0.2, -0.15) is 0 Å². The molecule has 2 rings (SSSR count). The van der Waals surface area contributed by atoms with Gasteiger partial charge in [-0.25, -0.2) is 0 Å². The van der Waals surface area contributed by atoms with Crippen LogP contribution in [0.25, 0.3) is 0 Å². The lowest BCUT2D eigenvalue weighted by Crippen LogP contribution is -2.05. The molecule has 0 unspecified atom stereocenters. The Kier molecular flexibility index (Phi) is 2.31. The van der Waals surface area contributed by atoms with Gasteiger partial charge in [0, 0.05) is 17.8 Å². The lowest BCUT2D eigenvalue weighted by molar-refractivity contribution is 0.666. The van der Waals surface area contributed by atoms with Gasteiger partial charge in [0.2, 0.25) is 0 Å². The summed E-state index contributed by atoms with van der Waals surface area (Å²) in [6.07, 6.45) is 6.84. The lowest BCUT2D eigenvalue weighted by atomic mass is 9.95. The Balaban J connectivity index is 2.36. The minimum Gasteiger partial charge on any atom is -0.261 e. The summed E-state index contributed by atoms with van der Waals surface area (Å²) in [7, 11) is 0. The number of halogens is 1. The van der Waals surface area contributed by atoms with Gasteiger partial charge >= 0.3 is 0 Å². The number of rotatable bonds is 1. The Morgan fingerprint density at radius 2 is 2.17 bits per heavy atom. The van der Waals surface area contributed by atoms with Crippen LogP contribution >= 0.6 is 11.6 Å². The van der Waals surface area contributed by atoms with Crippen LogP contribution in [0.1, 0.15) is 29.7 Å². The molecule has 0 aromatic carbocycles. The summed E-state index contributed by atoms with van der Waals surface area (Å²) < 4.78 is 0. The third-order valence-electron chi connectivity index (χ3n) is 2.38. The summed E-state index contributed by atoms with van der Waals surface area (Å²) in [4.78, 5) is 4.41. The third-order valence-corrected chi connectivity index (χ3v) is 2.69. The normalized spacial score (nSPS) is 15.8. The van der Waals surface area contributed by atoms with E-state index in [2.05, 4.69) is 11.1 Å². The second-order valence-corrected chi connectivity index (χ2v) is 3.56. The van der Waals surface area contributed by atoms with Crippen molar-refractivity contribution >= 4 is 11.6 Å². The number of aryl methyl sites for hydroxylation is 2. The molecule has 1 nitrogen and oxygen atoms in total. The van der Waals surface area contributed by atoms with E-state index in [0.29, 0.717) is 5.88 Å². The molecule has 0 N–H and O–H groups in total. The van der Waals surface area contributed by atoms with E-state index >= 15 is 0 Å². The fourth-order valence-electron chi connectivity index (χ4n) is 1.71. The van der Waals surface area contributed by atoms with Gasteiger partial charge in [0.25, 0.3) is 0 Å². The molecule has 0 atom stereocenters. The van der Waals surface area contributed by atoms with Crippen molar-refractivity contribution in [3.63, 3.8) is 0 Å². The van der Waals surface area contributed by atoms with E-state index in [9.17, 15) is 0 Å². The fraction of sp³-hybridized carbons (Fsp3) is 0.500. The Labute approximate surface area is 77.8 Å². The number of alkyl halides is 1. The van der Waals surface area contributed by atoms with E-state index in [-0.39, 0.29) is 0 Å². The largest absolute Gasteiger partial charge is 0.261 e. The Bertz CT molecular complexity index is 283. The predicted octanol–water partition coefficient (Wildman–Crippen LogP) is 2.70. The maximum atomic E-state index is 5.73. The average molecular weight is 182 g/mol. The first-order valence-corrected chi connectivity index (χ1v) is 4.96. The van der Waals surface area contributed by atoms with Gasteiger partial charge in [-0.15, -0.1) is 11.6 Å². The van der Waals surface area contributed by atoms with Gasteiger partial charge in [0.15, 0.2) is 0 Å². The molecule has 0 amide bonds. The molecule has 1 aromatic rings. The number of hydrogen-bond donors (Lipinski definition) is 0. The molecule has 0 spiro atoms. The zero-order valence-electron chi connectivity index (χ0n) is 7.02. The summed E-state index contributed by atoms with van der Waals surface area (Å²) in [6.45, 7) is 0. The highest BCUT2D eigenvalue weighted by Crippen LogP contribution is 2.20. The Morgan fingerprint density at radius 1 is 1.33 bits per heavy atom. The highest BCUT2D eigenvalue weighted by molar-refractivity contribution is 6.17. The molecule has 2 heteroatoms. The van der Waals surface area contributed by atoms with Crippen molar-refractivity contribution in [2.75, 3.05) is 0 Å². The quantitative estimate of drug-likeness (QED) is 0.608. The van der Waals surface area contributed by atoms with Crippen LogP contribution in [-0.4, -0.2) is 4.98 Å². The number of aromatic nitrogens is 1. The van der Waals surface area contributed by atoms with Gasteiger partial charge in [-0.3, -0.25) is 4.98 Å². The summed E-state index contributed by atoms with van der Waals surface area (Å²) in [6, 6.07) is 2.20. The van der Waals surface area contributed by atoms with Crippen LogP contribution in [0.5, 0.6) is 0 Å². The maximum absolute atomic E-state index is 5.73. The van der Waals surface area contributed by atoms with Crippen LogP contribution in [0.4, 0.5) is 0 Å². The first kappa shape index (κ1) is 8.06. The van der Waals surface area contributed by atoms with E-state index < -0.39 is 0 Å². The molecule has 1 aliphatic carbocycles. The monoisotopic (exact) mass is 181 g/mol. The van der Waals surface area contributed by atoms with Crippen LogP contribution in [0.2, 0.25) is 0 Å². The minimum absolute atomic E-state index is 0.584. The molecule has 0 fully saturated rings. The predicted molar refractivity (Wildman–Crippen MR) is 50.4 cm³/mol. The second kappa shape index (κ2) is 3.44. The van der Waals surface area contributed by atoms with Gasteiger partial charge in [0.1, 0.15) is 0 Å². The van der Waals surface area contributed by atoms with Crippen molar-refractivity contribution in [1.82, 2.24) is 4.98 Å². The van der Waals surface area contributed by atoms with Crippen LogP contribution < -0.4 is 0 Å². The molecule has 0 saturated heterocycles. The molecular weight excluding hydrogens is 170 g/mol. The number of pyridine rings is 1. The van der Waals surface area contributed by atoms with Crippen molar-refractivity contribution in [3.8, 4) is 0 Å². The second-order valence-electron chi connectivity index (χ2n) is 3.29. The summed E-state index contributed by atoms with van der Waals surface area (Å²) in [5.74, 6) is 0.584. The zero-order valence-corrected chi connectivity index (χ0v) is 7.77. The van der Waals surface area contributed by atoms with Crippen LogP contribution in [0.3, 0.4) is 0 Å². The molecule has 0 saturated carbocycles. The smallest absolute Gasteiger partial charge is 0.0489 e. The van der Waals surface area contributed by atoms with Gasteiger partial charge in [-0.1, -0.05) is 6.07 Å². The van der Waals surface area contributed by atoms with Crippen LogP contribution in [-0.2, 0) is 18.7 Å². The van der Waals surface area contributed by atoms with E-state index in [1.54, 1.807) is 0 Å². The first-order chi connectivity index (χ1) is 5.90. The van der Waals surface area contributed by atoms with E-state index in [1.165, 1.54) is 30.5 Å². The van der Waals surface area contributed by atoms with Crippen molar-refractivity contribution in [1.29, 1.82) is 0 Å². The van der Waals surface area contributed by atoms with Gasteiger partial charge in [-0.05, 0) is 36.8 Å². The number of fused-ring (bicyclic) bond motifs is 1. The number of hydrogen-bond acceptors (Lipinski definition) is 1. The van der Waals surface area contributed by atoms with Crippen molar-refractivity contribution in [3.05, 3.63) is 29.1 Å². The van der Waals surface area contributed by atoms with Crippen molar-refractivity contribution in [2.24, 2.45) is 0 Å². The standard InChI is InChI=1S/C10H12ClN/c11-6-8-5-9-3-1-2-4-10(9)12-7-8/h5,7H,1-4,6H2. The summed E-state index contributed by atoms with van der Waals surface area (Å²) in [5.41, 5.74) is 3.85. The lowest BCUT2D eigenvalue weighted by Gasteiger charge is -2.14. The topological polar surface area (TPSA) is 12.9 Å². The molecule has 64 valence electrons. The molecule has 0 bridgehead atoms. The molecule has 1 heterocycles. The molecule has 12 heavy (non-hydrogen) atoms. The highest BCUT2D eigenvalue weighted by atomic mass is 35.5. The van der Waals surface area contributed by atoms with E-state index in [4.69, 9.17) is 11.6 Å². The van der Waals surface area contributed by atoms with Gasteiger partial charge < -0.3 is 0 Å². The highest BCUT2D eigenvalue weighted by Gasteiger charge is 2.09. The molecular formula is C10H12ClN. The summed E-state index contributed by atoms with van der Waals surface area (Å²) in [5, 5.41) is 0. The zero-order chi connectivity index (χ0) is 8.39. The van der Waals surface area contributed by atoms with Crippen molar-refractivity contribution < 1.29 is 0 Å². The molecule has 1 aromatic heterocycles. The van der Waals surface area contributed by atoms with Crippen molar-refractivity contribution in [2.45, 2.75) is 31.6 Å². The molecule has 0 radical (unpaired) electrons. The SMILES string of the molecule is ClCc1cnc2c(c1)CCCC2. The molecule has 1 aliphatic rings. The molecule has 0 aliphatic heterocycles. The third kappa shape index (κ3) is 1.46. The first-order valence-electron chi connectivity index (χ1n) is 4.43. The Hall–Kier alpha value is -0.560. The van der Waals surface area contributed by atoms with E-state index in [1.807, 2.05) is 6.20 Å². The van der Waals surface area contributed by atoms with Crippen LogP contribution in [0.15, 0.2) is 12.3 Å². The maximum Gasteiger partial charge on any atom is 0.0489 e. The van der Waals surface area contributed by atoms with Crippen LogP contribution in [0, 0.1) is 0 Å². The summed E-state index contributed by atoms with van der Waals surface area (Å²) >= 11 is 5.73. The average Bonchev–Trinajstić information content (AvgIpc) is 2.17. The minimum atomic E-state index is 0.584. The Morgan fingerprint density at radius 3 is 3.00 bits per heavy atom. The van der Waals surface area contributed by atoms with E-state index in [0.717, 1.165) is 12.0 Å².